The van der Waals surface area contributed by atoms with E-state index in [0.717, 1.165) is 28.2 Å². The quantitative estimate of drug-likeness (QED) is 0.401. The standard InChI is InChI=1S/C22H17N3.C2H6/c1-16-6-10-21(24-13-16)22-11-7-17(15-25-22)14-23-20-9-8-18-4-2-3-5-19(18)12-20;1-2/h2-15H,1H3;1-2H3. The Morgan fingerprint density at radius 1 is 0.741 bits per heavy atom. The lowest BCUT2D eigenvalue weighted by Crippen LogP contribution is -1.89. The van der Waals surface area contributed by atoms with Crippen LogP contribution in [0.5, 0.6) is 0 Å². The van der Waals surface area contributed by atoms with Crippen LogP contribution in [0.15, 0.2) is 84.1 Å². The van der Waals surface area contributed by atoms with Crippen LogP contribution < -0.4 is 0 Å². The predicted octanol–water partition coefficient (Wildman–Crippen LogP) is 6.38. The lowest BCUT2D eigenvalue weighted by Gasteiger charge is -2.01. The average molecular weight is 353 g/mol. The van der Waals surface area contributed by atoms with Crippen LogP contribution in [0.1, 0.15) is 25.0 Å². The van der Waals surface area contributed by atoms with E-state index in [2.05, 4.69) is 39.2 Å². The van der Waals surface area contributed by atoms with Crippen LogP contribution in [-0.4, -0.2) is 16.2 Å². The smallest absolute Gasteiger partial charge is 0.0886 e. The van der Waals surface area contributed by atoms with Gasteiger partial charge in [-0.1, -0.05) is 50.2 Å². The van der Waals surface area contributed by atoms with Gasteiger partial charge < -0.3 is 0 Å². The summed E-state index contributed by atoms with van der Waals surface area (Å²) in [5.41, 5.74) is 4.78. The highest BCUT2D eigenvalue weighted by Crippen LogP contribution is 2.21. The zero-order valence-electron chi connectivity index (χ0n) is 15.9. The number of pyridine rings is 2. The number of aryl methyl sites for hydroxylation is 1. The van der Waals surface area contributed by atoms with Gasteiger partial charge in [-0.25, -0.2) is 0 Å². The summed E-state index contributed by atoms with van der Waals surface area (Å²) in [7, 11) is 0. The molecule has 0 radical (unpaired) electrons. The minimum absolute atomic E-state index is 0.864. The van der Waals surface area contributed by atoms with Crippen LogP contribution in [0.3, 0.4) is 0 Å². The Labute approximate surface area is 160 Å². The van der Waals surface area contributed by atoms with Crippen molar-refractivity contribution in [2.75, 3.05) is 0 Å². The molecule has 27 heavy (non-hydrogen) atoms. The molecule has 0 N–H and O–H groups in total. The third-order valence-electron chi connectivity index (χ3n) is 4.06. The van der Waals surface area contributed by atoms with Crippen molar-refractivity contribution in [3.05, 3.63) is 90.3 Å². The van der Waals surface area contributed by atoms with Crippen molar-refractivity contribution >= 4 is 22.7 Å². The van der Waals surface area contributed by atoms with E-state index >= 15 is 0 Å². The van der Waals surface area contributed by atoms with E-state index in [1.807, 2.05) is 81.8 Å². The van der Waals surface area contributed by atoms with E-state index < -0.39 is 0 Å². The van der Waals surface area contributed by atoms with Gasteiger partial charge >= 0.3 is 0 Å². The molecule has 0 bridgehead atoms. The number of rotatable bonds is 3. The molecule has 0 aliphatic heterocycles. The van der Waals surface area contributed by atoms with Crippen molar-refractivity contribution < 1.29 is 0 Å². The van der Waals surface area contributed by atoms with E-state index in [0.29, 0.717) is 0 Å². The van der Waals surface area contributed by atoms with E-state index in [1.54, 1.807) is 0 Å². The molecule has 0 amide bonds. The van der Waals surface area contributed by atoms with Crippen LogP contribution in [0.4, 0.5) is 5.69 Å². The summed E-state index contributed by atoms with van der Waals surface area (Å²) in [4.78, 5) is 13.5. The van der Waals surface area contributed by atoms with Gasteiger partial charge in [0.1, 0.15) is 0 Å². The number of aliphatic imine (C=N–C) groups is 1. The third-order valence-corrected chi connectivity index (χ3v) is 4.06. The molecular weight excluding hydrogens is 330 g/mol. The number of benzene rings is 2. The molecule has 0 aliphatic rings. The summed E-state index contributed by atoms with van der Waals surface area (Å²) in [5.74, 6) is 0. The molecule has 4 rings (SSSR count). The molecule has 0 saturated heterocycles. The minimum Gasteiger partial charge on any atom is -0.256 e. The number of hydrogen-bond acceptors (Lipinski definition) is 3. The second-order valence-corrected chi connectivity index (χ2v) is 5.99. The molecule has 0 unspecified atom stereocenters. The Balaban J connectivity index is 0.00000102. The summed E-state index contributed by atoms with van der Waals surface area (Å²) in [5, 5.41) is 2.41. The Hall–Kier alpha value is -3.33. The van der Waals surface area contributed by atoms with Crippen LogP contribution in [-0.2, 0) is 0 Å². The van der Waals surface area contributed by atoms with E-state index in [4.69, 9.17) is 0 Å². The van der Waals surface area contributed by atoms with Crippen molar-refractivity contribution in [1.82, 2.24) is 9.97 Å². The summed E-state index contributed by atoms with van der Waals surface area (Å²) in [6.45, 7) is 6.02. The van der Waals surface area contributed by atoms with Gasteiger partial charge in [0.05, 0.1) is 17.1 Å². The van der Waals surface area contributed by atoms with Gasteiger partial charge in [0.25, 0.3) is 0 Å². The highest BCUT2D eigenvalue weighted by Gasteiger charge is 2.00. The third kappa shape index (κ3) is 4.64. The fourth-order valence-electron chi connectivity index (χ4n) is 2.66. The van der Waals surface area contributed by atoms with Gasteiger partial charge in [-0.05, 0) is 53.6 Å². The molecular formula is C24H23N3. The highest BCUT2D eigenvalue weighted by molar-refractivity contribution is 5.87. The van der Waals surface area contributed by atoms with Crippen molar-refractivity contribution in [1.29, 1.82) is 0 Å². The van der Waals surface area contributed by atoms with Gasteiger partial charge in [-0.2, -0.15) is 0 Å². The summed E-state index contributed by atoms with van der Waals surface area (Å²) in [6.07, 6.45) is 5.51. The van der Waals surface area contributed by atoms with Gasteiger partial charge in [0.15, 0.2) is 0 Å². The van der Waals surface area contributed by atoms with Crippen LogP contribution in [0.25, 0.3) is 22.2 Å². The van der Waals surface area contributed by atoms with E-state index in [9.17, 15) is 0 Å². The summed E-state index contributed by atoms with van der Waals surface area (Å²) < 4.78 is 0. The monoisotopic (exact) mass is 353 g/mol. The van der Waals surface area contributed by atoms with Crippen LogP contribution in [0, 0.1) is 6.92 Å². The number of fused-ring (bicyclic) bond motifs is 1. The van der Waals surface area contributed by atoms with Crippen molar-refractivity contribution in [2.45, 2.75) is 20.8 Å². The fraction of sp³-hybridized carbons (Fsp3) is 0.125. The first kappa shape index (κ1) is 18.5. The van der Waals surface area contributed by atoms with Crippen molar-refractivity contribution in [2.24, 2.45) is 4.99 Å². The predicted molar refractivity (Wildman–Crippen MR) is 115 cm³/mol. The molecule has 3 nitrogen and oxygen atoms in total. The maximum atomic E-state index is 4.56. The highest BCUT2D eigenvalue weighted by atomic mass is 14.8. The first-order valence-corrected chi connectivity index (χ1v) is 9.20. The lowest BCUT2D eigenvalue weighted by atomic mass is 10.1. The number of hydrogen-bond donors (Lipinski definition) is 0. The van der Waals surface area contributed by atoms with Gasteiger partial charge in [0, 0.05) is 24.2 Å². The Kier molecular flexibility index (Phi) is 6.06. The van der Waals surface area contributed by atoms with Crippen LogP contribution in [0.2, 0.25) is 0 Å². The minimum atomic E-state index is 0.864. The van der Waals surface area contributed by atoms with Crippen molar-refractivity contribution in [3.8, 4) is 11.4 Å². The zero-order chi connectivity index (χ0) is 19.1. The first-order chi connectivity index (χ1) is 13.3. The maximum absolute atomic E-state index is 4.56. The maximum Gasteiger partial charge on any atom is 0.0886 e. The molecule has 0 fully saturated rings. The lowest BCUT2D eigenvalue weighted by molar-refractivity contribution is 1.22. The molecule has 0 saturated carbocycles. The second-order valence-electron chi connectivity index (χ2n) is 5.99. The van der Waals surface area contributed by atoms with Gasteiger partial charge in [-0.15, -0.1) is 0 Å². The largest absolute Gasteiger partial charge is 0.256 e. The normalized spacial score (nSPS) is 10.6. The fourth-order valence-corrected chi connectivity index (χ4v) is 2.66. The van der Waals surface area contributed by atoms with Crippen molar-refractivity contribution in [3.63, 3.8) is 0 Å². The summed E-state index contributed by atoms with van der Waals surface area (Å²) >= 11 is 0. The van der Waals surface area contributed by atoms with E-state index in [1.165, 1.54) is 10.8 Å². The molecule has 0 aliphatic carbocycles. The molecule has 4 aromatic rings. The average Bonchev–Trinajstić information content (AvgIpc) is 2.74. The number of aromatic nitrogens is 2. The molecule has 0 spiro atoms. The molecule has 0 atom stereocenters. The molecule has 2 heterocycles. The molecule has 2 aromatic carbocycles. The van der Waals surface area contributed by atoms with Gasteiger partial charge in [-0.3, -0.25) is 15.0 Å². The molecule has 2 aromatic heterocycles. The second kappa shape index (κ2) is 8.86. The Bertz CT molecular complexity index is 1030. The first-order valence-electron chi connectivity index (χ1n) is 9.20. The SMILES string of the molecule is CC.Cc1ccc(-c2ccc(C=Nc3ccc4ccccc4c3)cn2)nc1. The van der Waals surface area contributed by atoms with Gasteiger partial charge in [0.2, 0.25) is 0 Å². The number of nitrogens with zero attached hydrogens (tertiary/aromatic N) is 3. The van der Waals surface area contributed by atoms with E-state index in [-0.39, 0.29) is 0 Å². The Morgan fingerprint density at radius 3 is 2.11 bits per heavy atom. The summed E-state index contributed by atoms with van der Waals surface area (Å²) in [6, 6.07) is 22.5. The Morgan fingerprint density at radius 2 is 1.44 bits per heavy atom. The molecule has 3 heteroatoms. The topological polar surface area (TPSA) is 38.1 Å². The van der Waals surface area contributed by atoms with Crippen LogP contribution >= 0.6 is 0 Å². The zero-order valence-corrected chi connectivity index (χ0v) is 15.9. The molecule has 134 valence electrons.